The zero-order valence-electron chi connectivity index (χ0n) is 16.6. The Morgan fingerprint density at radius 3 is 2.50 bits per heavy atom. The first kappa shape index (κ1) is 22.2. The first-order chi connectivity index (χ1) is 12.9. The van der Waals surface area contributed by atoms with Gasteiger partial charge in [0.2, 0.25) is 5.89 Å². The van der Waals surface area contributed by atoms with Crippen molar-refractivity contribution in [2.75, 3.05) is 6.61 Å². The second-order valence-corrected chi connectivity index (χ2v) is 7.47. The van der Waals surface area contributed by atoms with Gasteiger partial charge in [-0.1, -0.05) is 31.8 Å². The highest BCUT2D eigenvalue weighted by molar-refractivity contribution is 5.94. The van der Waals surface area contributed by atoms with E-state index in [0.717, 1.165) is 31.4 Å². The third kappa shape index (κ3) is 4.83. The fourth-order valence-electron chi connectivity index (χ4n) is 3.40. The van der Waals surface area contributed by atoms with Crippen LogP contribution in [-0.2, 0) is 5.54 Å². The number of halogens is 1. The molecule has 1 heterocycles. The Morgan fingerprint density at radius 2 is 1.93 bits per heavy atom. The maximum Gasteiger partial charge on any atom is 0.251 e. The largest absolute Gasteiger partial charge is 0.494 e. The van der Waals surface area contributed by atoms with E-state index in [0.29, 0.717) is 23.9 Å². The van der Waals surface area contributed by atoms with Crippen LogP contribution in [0.4, 0.5) is 0 Å². The molecule has 1 unspecified atom stereocenters. The SMILES string of the molecule is CCOc1ccc(C(=O)NC(c2nc(C3(N)CCCC3)no2)C(C)C)cc1.Cl. The molecule has 1 amide bonds. The summed E-state index contributed by atoms with van der Waals surface area (Å²) in [5.74, 6) is 1.56. The molecule has 1 aliphatic rings. The number of nitrogens with two attached hydrogens (primary N) is 1. The fraction of sp³-hybridized carbons (Fsp3) is 0.550. The molecule has 0 bridgehead atoms. The molecule has 8 heteroatoms. The van der Waals surface area contributed by atoms with E-state index >= 15 is 0 Å². The molecule has 1 aromatic heterocycles. The quantitative estimate of drug-likeness (QED) is 0.723. The van der Waals surface area contributed by atoms with Crippen molar-refractivity contribution in [3.8, 4) is 5.75 Å². The molecule has 28 heavy (non-hydrogen) atoms. The van der Waals surface area contributed by atoms with Crippen molar-refractivity contribution in [3.63, 3.8) is 0 Å². The van der Waals surface area contributed by atoms with Crippen LogP contribution in [0.15, 0.2) is 28.8 Å². The third-order valence-electron chi connectivity index (χ3n) is 5.03. The first-order valence-electron chi connectivity index (χ1n) is 9.59. The summed E-state index contributed by atoms with van der Waals surface area (Å²) < 4.78 is 10.9. The summed E-state index contributed by atoms with van der Waals surface area (Å²) in [6.07, 6.45) is 3.86. The number of nitrogens with one attached hydrogen (secondary N) is 1. The van der Waals surface area contributed by atoms with E-state index in [4.69, 9.17) is 15.0 Å². The molecule has 0 radical (unpaired) electrons. The van der Waals surface area contributed by atoms with Crippen LogP contribution in [0.2, 0.25) is 0 Å². The molecule has 154 valence electrons. The summed E-state index contributed by atoms with van der Waals surface area (Å²) in [7, 11) is 0. The molecule has 1 atom stereocenters. The number of amides is 1. The minimum Gasteiger partial charge on any atom is -0.494 e. The van der Waals surface area contributed by atoms with Gasteiger partial charge in [0, 0.05) is 5.56 Å². The Bertz CT molecular complexity index is 770. The molecule has 3 rings (SSSR count). The van der Waals surface area contributed by atoms with Crippen molar-refractivity contribution in [2.24, 2.45) is 11.7 Å². The van der Waals surface area contributed by atoms with E-state index in [1.165, 1.54) is 0 Å². The normalized spacial score (nSPS) is 16.5. The highest BCUT2D eigenvalue weighted by Gasteiger charge is 2.37. The van der Waals surface area contributed by atoms with Crippen LogP contribution in [0.5, 0.6) is 5.75 Å². The molecule has 1 fully saturated rings. The van der Waals surface area contributed by atoms with E-state index in [1.807, 2.05) is 20.8 Å². The number of hydrogen-bond donors (Lipinski definition) is 2. The lowest BCUT2D eigenvalue weighted by molar-refractivity contribution is 0.0914. The summed E-state index contributed by atoms with van der Waals surface area (Å²) in [4.78, 5) is 17.2. The van der Waals surface area contributed by atoms with E-state index in [1.54, 1.807) is 24.3 Å². The third-order valence-corrected chi connectivity index (χ3v) is 5.03. The standard InChI is InChI=1S/C20H28N4O3.ClH/c1-4-26-15-9-7-14(8-10-15)17(25)22-16(13(2)3)18-23-19(24-27-18)20(21)11-5-6-12-20;/h7-10,13,16H,4-6,11-12,21H2,1-3H3,(H,22,25);1H. The molecule has 1 aromatic carbocycles. The molecule has 7 nitrogen and oxygen atoms in total. The van der Waals surface area contributed by atoms with Gasteiger partial charge in [-0.2, -0.15) is 4.98 Å². The topological polar surface area (TPSA) is 103 Å². The van der Waals surface area contributed by atoms with E-state index in [9.17, 15) is 4.79 Å². The van der Waals surface area contributed by atoms with Crippen molar-refractivity contribution >= 4 is 18.3 Å². The Kier molecular flexibility index (Phi) is 7.43. The van der Waals surface area contributed by atoms with Crippen molar-refractivity contribution in [2.45, 2.75) is 58.0 Å². The number of aromatic nitrogens is 2. The molecule has 0 spiro atoms. The fourth-order valence-corrected chi connectivity index (χ4v) is 3.40. The molecule has 1 aliphatic carbocycles. The van der Waals surface area contributed by atoms with Gasteiger partial charge in [-0.3, -0.25) is 4.79 Å². The zero-order chi connectivity index (χ0) is 19.4. The molecular weight excluding hydrogens is 380 g/mol. The monoisotopic (exact) mass is 408 g/mol. The number of carbonyl (C=O) groups is 1. The van der Waals surface area contributed by atoms with Crippen LogP contribution < -0.4 is 15.8 Å². The maximum absolute atomic E-state index is 12.7. The van der Waals surface area contributed by atoms with Crippen molar-refractivity contribution in [1.82, 2.24) is 15.5 Å². The summed E-state index contributed by atoms with van der Waals surface area (Å²) >= 11 is 0. The number of hydrogen-bond acceptors (Lipinski definition) is 6. The number of rotatable bonds is 7. The summed E-state index contributed by atoms with van der Waals surface area (Å²) in [5.41, 5.74) is 6.46. The van der Waals surface area contributed by atoms with Crippen LogP contribution in [0.3, 0.4) is 0 Å². The van der Waals surface area contributed by atoms with Gasteiger partial charge in [-0.05, 0) is 49.9 Å². The van der Waals surface area contributed by atoms with E-state index in [-0.39, 0.29) is 30.3 Å². The highest BCUT2D eigenvalue weighted by atomic mass is 35.5. The Morgan fingerprint density at radius 1 is 1.29 bits per heavy atom. The maximum atomic E-state index is 12.7. The molecule has 1 saturated carbocycles. The lowest BCUT2D eigenvalue weighted by atomic mass is 9.98. The van der Waals surface area contributed by atoms with Crippen molar-refractivity contribution in [3.05, 3.63) is 41.5 Å². The summed E-state index contributed by atoms with van der Waals surface area (Å²) in [5, 5.41) is 7.11. The molecule has 0 aliphatic heterocycles. The number of ether oxygens (including phenoxy) is 1. The lowest BCUT2D eigenvalue weighted by Crippen LogP contribution is -2.35. The minimum atomic E-state index is -0.512. The number of benzene rings is 1. The van der Waals surface area contributed by atoms with E-state index in [2.05, 4.69) is 15.5 Å². The van der Waals surface area contributed by atoms with Gasteiger partial charge in [0.1, 0.15) is 11.8 Å². The molecule has 2 aromatic rings. The Balaban J connectivity index is 0.00000280. The smallest absolute Gasteiger partial charge is 0.251 e. The Labute approximate surface area is 171 Å². The van der Waals surface area contributed by atoms with Gasteiger partial charge in [-0.25, -0.2) is 0 Å². The van der Waals surface area contributed by atoms with Crippen LogP contribution in [0, 0.1) is 5.92 Å². The molecule has 0 saturated heterocycles. The minimum absolute atomic E-state index is 0. The molecular formula is C20H29ClN4O3. The van der Waals surface area contributed by atoms with Crippen molar-refractivity contribution in [1.29, 1.82) is 0 Å². The second kappa shape index (κ2) is 9.39. The number of carbonyl (C=O) groups excluding carboxylic acids is 1. The van der Waals surface area contributed by atoms with Crippen LogP contribution in [0.25, 0.3) is 0 Å². The van der Waals surface area contributed by atoms with Crippen LogP contribution in [0.1, 0.15) is 74.6 Å². The average molecular weight is 409 g/mol. The number of nitrogens with zero attached hydrogens (tertiary/aromatic N) is 2. The predicted octanol–water partition coefficient (Wildman–Crippen LogP) is 3.75. The van der Waals surface area contributed by atoms with Crippen LogP contribution in [-0.4, -0.2) is 22.7 Å². The summed E-state index contributed by atoms with van der Waals surface area (Å²) in [6, 6.07) is 6.67. The highest BCUT2D eigenvalue weighted by Crippen LogP contribution is 2.35. The second-order valence-electron chi connectivity index (χ2n) is 7.47. The first-order valence-corrected chi connectivity index (χ1v) is 9.59. The van der Waals surface area contributed by atoms with Gasteiger partial charge in [0.15, 0.2) is 5.82 Å². The van der Waals surface area contributed by atoms with Gasteiger partial charge < -0.3 is 20.3 Å². The predicted molar refractivity (Wildman–Crippen MR) is 109 cm³/mol. The zero-order valence-corrected chi connectivity index (χ0v) is 17.4. The Hall–Kier alpha value is -2.12. The van der Waals surface area contributed by atoms with E-state index < -0.39 is 5.54 Å². The van der Waals surface area contributed by atoms with Crippen molar-refractivity contribution < 1.29 is 14.1 Å². The molecule has 3 N–H and O–H groups in total. The average Bonchev–Trinajstić information content (AvgIpc) is 3.30. The van der Waals surface area contributed by atoms with Crippen LogP contribution >= 0.6 is 12.4 Å². The summed E-state index contributed by atoms with van der Waals surface area (Å²) in [6.45, 7) is 6.51. The lowest BCUT2D eigenvalue weighted by Gasteiger charge is -2.20. The van der Waals surface area contributed by atoms with Gasteiger partial charge in [0.25, 0.3) is 5.91 Å². The van der Waals surface area contributed by atoms with Gasteiger partial charge in [-0.15, -0.1) is 12.4 Å². The van der Waals surface area contributed by atoms with Gasteiger partial charge in [0.05, 0.1) is 12.1 Å². The van der Waals surface area contributed by atoms with Gasteiger partial charge >= 0.3 is 0 Å².